The van der Waals surface area contributed by atoms with Crippen LogP contribution in [0.25, 0.3) is 0 Å². The number of carbonyl (C=O) groups excluding carboxylic acids is 1. The Morgan fingerprint density at radius 3 is 2.67 bits per heavy atom. The largest absolute Gasteiger partial charge is 0.491 e. The van der Waals surface area contributed by atoms with Crippen LogP contribution in [0.3, 0.4) is 0 Å². The van der Waals surface area contributed by atoms with Gasteiger partial charge in [-0.2, -0.15) is 0 Å². The lowest BCUT2D eigenvalue weighted by Gasteiger charge is -2.40. The zero-order valence-electron chi connectivity index (χ0n) is 23.0. The summed E-state index contributed by atoms with van der Waals surface area (Å²) < 4.78 is 21.8. The third kappa shape index (κ3) is 4.77. The summed E-state index contributed by atoms with van der Waals surface area (Å²) in [4.78, 5) is 27.4. The highest BCUT2D eigenvalue weighted by Gasteiger charge is 2.53. The quantitative estimate of drug-likeness (QED) is 0.429. The predicted octanol–water partition coefficient (Wildman–Crippen LogP) is 4.75. The second-order valence-electron chi connectivity index (χ2n) is 11.2. The number of hydrogen-bond donors (Lipinski definition) is 1. The van der Waals surface area contributed by atoms with E-state index in [0.29, 0.717) is 25.4 Å². The van der Waals surface area contributed by atoms with Crippen LogP contribution in [0.15, 0.2) is 36.8 Å². The third-order valence-electron chi connectivity index (χ3n) is 8.55. The molecule has 1 aromatic carbocycles. The number of amides is 1. The van der Waals surface area contributed by atoms with E-state index >= 15 is 0 Å². The van der Waals surface area contributed by atoms with Gasteiger partial charge in [0.2, 0.25) is 5.95 Å². The summed E-state index contributed by atoms with van der Waals surface area (Å²) in [7, 11) is 1.87. The summed E-state index contributed by atoms with van der Waals surface area (Å²) in [6.07, 6.45) is 9.53. The first-order valence-electron chi connectivity index (χ1n) is 14.1. The van der Waals surface area contributed by atoms with Gasteiger partial charge in [0, 0.05) is 49.6 Å². The van der Waals surface area contributed by atoms with Crippen molar-refractivity contribution in [2.24, 2.45) is 0 Å². The molecule has 1 amide bonds. The number of pyridine rings is 1. The van der Waals surface area contributed by atoms with Gasteiger partial charge in [-0.3, -0.25) is 14.7 Å². The number of imidazole rings is 1. The molecule has 1 saturated carbocycles. The first-order valence-corrected chi connectivity index (χ1v) is 14.1. The molecule has 2 aliphatic heterocycles. The van der Waals surface area contributed by atoms with Crippen molar-refractivity contribution in [3.63, 3.8) is 0 Å². The Labute approximate surface area is 229 Å². The van der Waals surface area contributed by atoms with Crippen LogP contribution in [0.5, 0.6) is 5.75 Å². The van der Waals surface area contributed by atoms with E-state index in [2.05, 4.69) is 36.9 Å². The maximum atomic E-state index is 14.3. The van der Waals surface area contributed by atoms with Gasteiger partial charge < -0.3 is 19.5 Å². The van der Waals surface area contributed by atoms with E-state index < -0.39 is 5.82 Å². The Bertz CT molecular complexity index is 1380. The number of rotatable bonds is 9. The standard InChI is InChI=1S/C30H37FN6O2/c1-4-39-26-15-25(34-16-24(26)31)20(2)37-19-30(7-8-30)27-22(18-35-10-5-6-11-35)13-21(14-23(27)28(37)38)17-36-12-9-33-29(36)32-3/h9,12-16,20H,4-8,10-11,17-19H2,1-3H3,(H,32,33)/t20-/m0/s1. The Morgan fingerprint density at radius 2 is 1.95 bits per heavy atom. The average Bonchev–Trinajstić information content (AvgIpc) is 3.28. The van der Waals surface area contributed by atoms with Crippen molar-refractivity contribution >= 4 is 11.9 Å². The van der Waals surface area contributed by atoms with Crippen LogP contribution in [-0.4, -0.2) is 63.5 Å². The lowest BCUT2D eigenvalue weighted by Crippen LogP contribution is -2.45. The molecule has 1 spiro atoms. The second-order valence-corrected chi connectivity index (χ2v) is 11.2. The van der Waals surface area contributed by atoms with E-state index in [9.17, 15) is 9.18 Å². The monoisotopic (exact) mass is 532 g/mol. The van der Waals surface area contributed by atoms with Crippen LogP contribution < -0.4 is 10.1 Å². The number of anilines is 1. The van der Waals surface area contributed by atoms with Gasteiger partial charge in [0.15, 0.2) is 11.6 Å². The summed E-state index contributed by atoms with van der Waals surface area (Å²) in [5.74, 6) is 0.499. The number of aromatic nitrogens is 3. The maximum absolute atomic E-state index is 14.3. The van der Waals surface area contributed by atoms with Crippen molar-refractivity contribution in [1.29, 1.82) is 0 Å². The molecule has 1 aliphatic carbocycles. The van der Waals surface area contributed by atoms with E-state index in [4.69, 9.17) is 4.74 Å². The first kappa shape index (κ1) is 25.8. The van der Waals surface area contributed by atoms with E-state index in [0.717, 1.165) is 49.6 Å². The summed E-state index contributed by atoms with van der Waals surface area (Å²) in [5, 5.41) is 3.15. The number of benzene rings is 1. The molecule has 1 atom stereocenters. The summed E-state index contributed by atoms with van der Waals surface area (Å²) in [6, 6.07) is 5.74. The van der Waals surface area contributed by atoms with E-state index in [-0.39, 0.29) is 23.1 Å². The Balaban J connectivity index is 1.40. The van der Waals surface area contributed by atoms with E-state index in [1.165, 1.54) is 30.2 Å². The number of nitrogens with one attached hydrogen (secondary N) is 1. The second kappa shape index (κ2) is 10.3. The Kier molecular flexibility index (Phi) is 6.79. The van der Waals surface area contributed by atoms with Crippen LogP contribution in [0, 0.1) is 5.82 Å². The Morgan fingerprint density at radius 1 is 1.15 bits per heavy atom. The zero-order chi connectivity index (χ0) is 27.1. The van der Waals surface area contributed by atoms with E-state index in [1.54, 1.807) is 12.3 Å². The number of fused-ring (bicyclic) bond motifs is 2. The molecule has 0 radical (unpaired) electrons. The minimum atomic E-state index is -0.488. The topological polar surface area (TPSA) is 75.5 Å². The molecule has 3 aromatic rings. The lowest BCUT2D eigenvalue weighted by molar-refractivity contribution is 0.0633. The molecule has 2 aromatic heterocycles. The van der Waals surface area contributed by atoms with Gasteiger partial charge in [0.1, 0.15) is 0 Å². The number of likely N-dealkylation sites (tertiary alicyclic amines) is 1. The van der Waals surface area contributed by atoms with Crippen LogP contribution in [0.1, 0.15) is 78.3 Å². The Hall–Kier alpha value is -3.46. The minimum Gasteiger partial charge on any atom is -0.491 e. The molecule has 1 saturated heterocycles. The molecule has 6 rings (SSSR count). The molecule has 4 heterocycles. The maximum Gasteiger partial charge on any atom is 0.254 e. The lowest BCUT2D eigenvalue weighted by atomic mass is 9.81. The molecule has 2 fully saturated rings. The number of nitrogens with zero attached hydrogens (tertiary/aromatic N) is 5. The van der Waals surface area contributed by atoms with Gasteiger partial charge in [-0.15, -0.1) is 0 Å². The van der Waals surface area contributed by atoms with Crippen LogP contribution in [-0.2, 0) is 18.5 Å². The van der Waals surface area contributed by atoms with Crippen molar-refractivity contribution in [1.82, 2.24) is 24.3 Å². The van der Waals surface area contributed by atoms with Crippen molar-refractivity contribution < 1.29 is 13.9 Å². The fourth-order valence-electron chi connectivity index (χ4n) is 6.42. The van der Waals surface area contributed by atoms with Crippen LogP contribution in [0.2, 0.25) is 0 Å². The van der Waals surface area contributed by atoms with Gasteiger partial charge >= 0.3 is 0 Å². The molecule has 3 aliphatic rings. The van der Waals surface area contributed by atoms with Crippen molar-refractivity contribution in [2.75, 3.05) is 38.6 Å². The van der Waals surface area contributed by atoms with Crippen LogP contribution >= 0.6 is 0 Å². The number of hydrogen-bond acceptors (Lipinski definition) is 6. The minimum absolute atomic E-state index is 0.0168. The molecule has 39 heavy (non-hydrogen) atoms. The van der Waals surface area contributed by atoms with Gasteiger partial charge in [-0.1, -0.05) is 6.07 Å². The van der Waals surface area contributed by atoms with Gasteiger partial charge in [-0.05, 0) is 75.4 Å². The molecule has 9 heteroatoms. The number of halogens is 1. The molecule has 0 bridgehead atoms. The smallest absolute Gasteiger partial charge is 0.254 e. The number of carbonyl (C=O) groups is 1. The molecule has 0 unspecified atom stereocenters. The highest BCUT2D eigenvalue weighted by atomic mass is 19.1. The first-order chi connectivity index (χ1) is 18.9. The highest BCUT2D eigenvalue weighted by Crippen LogP contribution is 2.55. The molecular formula is C30H37FN6O2. The van der Waals surface area contributed by atoms with Crippen molar-refractivity contribution in [2.45, 2.75) is 64.1 Å². The van der Waals surface area contributed by atoms with Crippen LogP contribution in [0.4, 0.5) is 10.3 Å². The predicted molar refractivity (Wildman–Crippen MR) is 148 cm³/mol. The van der Waals surface area contributed by atoms with Gasteiger partial charge in [0.25, 0.3) is 5.91 Å². The normalized spacial score (nSPS) is 18.9. The fourth-order valence-corrected chi connectivity index (χ4v) is 6.42. The molecule has 8 nitrogen and oxygen atoms in total. The van der Waals surface area contributed by atoms with Gasteiger partial charge in [-0.25, -0.2) is 9.37 Å². The summed E-state index contributed by atoms with van der Waals surface area (Å²) >= 11 is 0. The molecule has 206 valence electrons. The summed E-state index contributed by atoms with van der Waals surface area (Å²) in [5.41, 5.74) is 5.03. The average molecular weight is 533 g/mol. The highest BCUT2D eigenvalue weighted by molar-refractivity contribution is 5.98. The molecular weight excluding hydrogens is 495 g/mol. The zero-order valence-corrected chi connectivity index (χ0v) is 23.0. The van der Waals surface area contributed by atoms with Gasteiger partial charge in [0.05, 0.1) is 31.1 Å². The fraction of sp³-hybridized carbons (Fsp3) is 0.500. The summed E-state index contributed by atoms with van der Waals surface area (Å²) in [6.45, 7) is 8.54. The van der Waals surface area contributed by atoms with Crippen molar-refractivity contribution in [3.8, 4) is 5.75 Å². The SMILES string of the molecule is CCOc1cc([C@H](C)N2CC3(CC3)c3c(CN4CCCC4)cc(Cn4ccnc4NC)cc3C2=O)ncc1F. The third-order valence-corrected chi connectivity index (χ3v) is 8.55. The number of ether oxygens (including phenoxy) is 1. The molecule has 1 N–H and O–H groups in total. The van der Waals surface area contributed by atoms with Crippen molar-refractivity contribution in [3.05, 3.63) is 70.6 Å². The van der Waals surface area contributed by atoms with E-state index in [1.807, 2.05) is 32.0 Å².